The van der Waals surface area contributed by atoms with Gasteiger partial charge in [0.15, 0.2) is 0 Å². The average molecular weight is 658 g/mol. The fraction of sp³-hybridized carbons (Fsp3) is 0.412. The van der Waals surface area contributed by atoms with Crippen LogP contribution in [-0.2, 0) is 41.6 Å². The molecule has 14 heteroatoms. The first-order valence-electron chi connectivity index (χ1n) is 16.3. The zero-order valence-electron chi connectivity index (χ0n) is 26.4. The van der Waals surface area contributed by atoms with Gasteiger partial charge in [0, 0.05) is 43.0 Å². The summed E-state index contributed by atoms with van der Waals surface area (Å²) in [5.41, 5.74) is 2.28. The Labute approximate surface area is 276 Å². The van der Waals surface area contributed by atoms with Crippen LogP contribution < -0.4 is 21.3 Å². The van der Waals surface area contributed by atoms with E-state index in [1.165, 1.54) is 21.9 Å². The van der Waals surface area contributed by atoms with Gasteiger partial charge < -0.3 is 41.2 Å². The number of aromatic hydroxyl groups is 1. The number of benzene rings is 2. The van der Waals surface area contributed by atoms with Crippen molar-refractivity contribution in [2.75, 3.05) is 26.2 Å². The number of rotatable bonds is 4. The number of carbonyl (C=O) groups is 6. The third kappa shape index (κ3) is 7.11. The smallest absolute Gasteiger partial charge is 0.246 e. The summed E-state index contributed by atoms with van der Waals surface area (Å²) >= 11 is 0. The molecule has 0 spiro atoms. The number of hydrogen-bond acceptors (Lipinski definition) is 7. The van der Waals surface area contributed by atoms with Gasteiger partial charge in [0.2, 0.25) is 35.4 Å². The molecule has 0 radical (unpaired) electrons. The lowest BCUT2D eigenvalue weighted by Crippen LogP contribution is -2.59. The van der Waals surface area contributed by atoms with E-state index in [-0.39, 0.29) is 38.2 Å². The number of nitrogens with one attached hydrogen (secondary N) is 5. The molecule has 3 aliphatic heterocycles. The number of phenols is 1. The van der Waals surface area contributed by atoms with E-state index in [9.17, 15) is 33.9 Å². The molecule has 3 aliphatic rings. The van der Waals surface area contributed by atoms with Crippen molar-refractivity contribution < 1.29 is 33.9 Å². The second-order valence-electron chi connectivity index (χ2n) is 12.5. The average Bonchev–Trinajstić information content (AvgIpc) is 3.86. The lowest BCUT2D eigenvalue weighted by Gasteiger charge is -2.31. The maximum Gasteiger partial charge on any atom is 0.246 e. The first kappa shape index (κ1) is 32.5. The van der Waals surface area contributed by atoms with Crippen molar-refractivity contribution in [1.29, 1.82) is 0 Å². The summed E-state index contributed by atoms with van der Waals surface area (Å²) in [5, 5.41) is 21.5. The summed E-state index contributed by atoms with van der Waals surface area (Å²) in [6.07, 6.45) is 3.78. The van der Waals surface area contributed by atoms with Gasteiger partial charge in [0.1, 0.15) is 29.9 Å². The number of nitrogens with zero attached hydrogens (tertiary/aromatic N) is 2. The van der Waals surface area contributed by atoms with Crippen molar-refractivity contribution in [1.82, 2.24) is 36.1 Å². The van der Waals surface area contributed by atoms with Crippen LogP contribution in [0.25, 0.3) is 10.9 Å². The van der Waals surface area contributed by atoms with Gasteiger partial charge in [-0.3, -0.25) is 28.8 Å². The van der Waals surface area contributed by atoms with E-state index in [1.54, 1.807) is 18.3 Å². The molecule has 0 unspecified atom stereocenters. The molecule has 0 bridgehead atoms. The number of phenolic OH excluding ortho intramolecular Hbond substituents is 1. The van der Waals surface area contributed by atoms with Gasteiger partial charge in [-0.2, -0.15) is 0 Å². The molecule has 6 amide bonds. The number of hydrogen-bond donors (Lipinski definition) is 6. The molecule has 1 aromatic heterocycles. The highest BCUT2D eigenvalue weighted by Crippen LogP contribution is 2.24. The number of H-pyrrole nitrogens is 1. The van der Waals surface area contributed by atoms with E-state index in [2.05, 4.69) is 26.3 Å². The number of fused-ring (bicyclic) bond motifs is 3. The molecule has 2 aromatic carbocycles. The highest BCUT2D eigenvalue weighted by atomic mass is 16.3. The fourth-order valence-electron chi connectivity index (χ4n) is 6.80. The molecule has 3 fully saturated rings. The number of amides is 6. The maximum atomic E-state index is 14.3. The molecule has 3 aromatic rings. The van der Waals surface area contributed by atoms with E-state index in [1.807, 2.05) is 24.3 Å². The van der Waals surface area contributed by atoms with Gasteiger partial charge in [-0.15, -0.1) is 0 Å². The second-order valence-corrected chi connectivity index (χ2v) is 12.5. The van der Waals surface area contributed by atoms with Crippen LogP contribution in [0.1, 0.15) is 36.8 Å². The largest absolute Gasteiger partial charge is 0.508 e. The summed E-state index contributed by atoms with van der Waals surface area (Å²) in [6.45, 7) is -0.164. The third-order valence-corrected chi connectivity index (χ3v) is 9.30. The molecular weight excluding hydrogens is 618 g/mol. The van der Waals surface area contributed by atoms with Crippen molar-refractivity contribution in [3.63, 3.8) is 0 Å². The Hall–Kier alpha value is -5.40. The molecule has 0 aliphatic carbocycles. The van der Waals surface area contributed by atoms with Crippen LogP contribution in [0.15, 0.2) is 54.7 Å². The molecule has 6 rings (SSSR count). The van der Waals surface area contributed by atoms with Crippen LogP contribution >= 0.6 is 0 Å². The second kappa shape index (κ2) is 14.2. The van der Waals surface area contributed by atoms with E-state index in [0.29, 0.717) is 37.8 Å². The Morgan fingerprint density at radius 2 is 1.40 bits per heavy atom. The third-order valence-electron chi connectivity index (χ3n) is 9.30. The van der Waals surface area contributed by atoms with Crippen LogP contribution in [0.4, 0.5) is 0 Å². The molecule has 252 valence electrons. The predicted molar refractivity (Wildman–Crippen MR) is 173 cm³/mol. The Balaban J connectivity index is 1.35. The van der Waals surface area contributed by atoms with Gasteiger partial charge in [-0.1, -0.05) is 30.3 Å². The number of aromatic amines is 1. The maximum absolute atomic E-state index is 14.3. The molecule has 48 heavy (non-hydrogen) atoms. The molecule has 6 N–H and O–H groups in total. The van der Waals surface area contributed by atoms with Gasteiger partial charge in [-0.25, -0.2) is 0 Å². The molecule has 4 heterocycles. The monoisotopic (exact) mass is 657 g/mol. The first-order chi connectivity index (χ1) is 23.2. The molecule has 0 saturated carbocycles. The normalized spacial score (nSPS) is 24.7. The minimum atomic E-state index is -1.14. The van der Waals surface area contributed by atoms with Crippen LogP contribution in [0, 0.1) is 0 Å². The SMILES string of the molecule is O=C1CNC(=O)[C@@H]2CCCN2C(=O)[C@H](Cc2c[nH]c3ccccc23)NC(=O)[C@H](Cc2ccc(O)cc2)NC(=O)[C@@H]2CCCN2C(=O)CN1. The summed E-state index contributed by atoms with van der Waals surface area (Å²) in [4.78, 5) is 87.0. The zero-order valence-corrected chi connectivity index (χ0v) is 26.4. The van der Waals surface area contributed by atoms with Crippen molar-refractivity contribution in [2.24, 2.45) is 0 Å². The van der Waals surface area contributed by atoms with E-state index in [0.717, 1.165) is 16.5 Å². The first-order valence-corrected chi connectivity index (χ1v) is 16.3. The Morgan fingerprint density at radius 1 is 0.708 bits per heavy atom. The summed E-state index contributed by atoms with van der Waals surface area (Å²) in [5.74, 6) is -3.10. The lowest BCUT2D eigenvalue weighted by atomic mass is 10.0. The van der Waals surface area contributed by atoms with Gasteiger partial charge in [0.25, 0.3) is 0 Å². The van der Waals surface area contributed by atoms with E-state index >= 15 is 0 Å². The highest BCUT2D eigenvalue weighted by Gasteiger charge is 2.40. The molecule has 14 nitrogen and oxygen atoms in total. The van der Waals surface area contributed by atoms with Crippen LogP contribution in [0.3, 0.4) is 0 Å². The van der Waals surface area contributed by atoms with E-state index in [4.69, 9.17) is 0 Å². The van der Waals surface area contributed by atoms with Crippen LogP contribution in [0.5, 0.6) is 5.75 Å². The van der Waals surface area contributed by atoms with Gasteiger partial charge in [0.05, 0.1) is 13.1 Å². The zero-order chi connectivity index (χ0) is 33.8. The quantitative estimate of drug-likeness (QED) is 0.225. The summed E-state index contributed by atoms with van der Waals surface area (Å²) < 4.78 is 0. The summed E-state index contributed by atoms with van der Waals surface area (Å²) in [6, 6.07) is 9.83. The number of para-hydroxylation sites is 1. The predicted octanol–water partition coefficient (Wildman–Crippen LogP) is -0.144. The van der Waals surface area contributed by atoms with Crippen molar-refractivity contribution in [3.8, 4) is 5.75 Å². The molecular formula is C34H39N7O7. The lowest BCUT2D eigenvalue weighted by molar-refractivity contribution is -0.142. The van der Waals surface area contributed by atoms with Crippen molar-refractivity contribution >= 4 is 46.3 Å². The molecule has 4 atom stereocenters. The highest BCUT2D eigenvalue weighted by molar-refractivity contribution is 5.98. The van der Waals surface area contributed by atoms with Crippen LogP contribution in [-0.4, -0.2) is 106 Å². The van der Waals surface area contributed by atoms with Crippen molar-refractivity contribution in [3.05, 3.63) is 65.9 Å². The Kier molecular flexibility index (Phi) is 9.60. The van der Waals surface area contributed by atoms with Crippen molar-refractivity contribution in [2.45, 2.75) is 62.7 Å². The molecule has 3 saturated heterocycles. The number of aromatic nitrogens is 1. The fourth-order valence-corrected chi connectivity index (χ4v) is 6.80. The Bertz CT molecular complexity index is 1720. The minimum absolute atomic E-state index is 0.0390. The topological polar surface area (TPSA) is 193 Å². The summed E-state index contributed by atoms with van der Waals surface area (Å²) in [7, 11) is 0. The van der Waals surface area contributed by atoms with Gasteiger partial charge in [-0.05, 0) is 55.0 Å². The number of carbonyl (C=O) groups excluding carboxylic acids is 6. The van der Waals surface area contributed by atoms with E-state index < -0.39 is 59.6 Å². The minimum Gasteiger partial charge on any atom is -0.508 e. The van der Waals surface area contributed by atoms with Crippen LogP contribution in [0.2, 0.25) is 0 Å². The van der Waals surface area contributed by atoms with Gasteiger partial charge >= 0.3 is 0 Å². The Morgan fingerprint density at radius 3 is 2.17 bits per heavy atom. The standard InChI is InChI=1S/C34H39N7O7/c42-22-11-9-20(10-12-22)15-25-31(45)39-26(16-21-17-35-24-6-2-1-5-23(21)24)34(48)41-14-4-7-27(41)32(46)37-18-29(43)36-19-30(44)40-13-3-8-28(40)33(47)38-25/h1-2,5-6,9-12,17,25-28,35,42H,3-4,7-8,13-16,18-19H2,(H,36,43)(H,37,46)(H,38,47)(H,39,45)/t25-,26-,27-,28-/m0/s1.